The first kappa shape index (κ1) is 16.2. The fraction of sp³-hybridized carbons (Fsp3) is 1.00. The molecule has 6 nitrogen and oxygen atoms in total. The van der Waals surface area contributed by atoms with E-state index >= 15 is 0 Å². The summed E-state index contributed by atoms with van der Waals surface area (Å²) in [4.78, 5) is 9.42. The van der Waals surface area contributed by atoms with Gasteiger partial charge in [0.1, 0.15) is 19.8 Å². The van der Waals surface area contributed by atoms with E-state index in [2.05, 4.69) is 0 Å². The minimum Gasteiger partial charge on any atom is -0.853 e. The largest absolute Gasteiger partial charge is 1.00 e. The van der Waals surface area contributed by atoms with Crippen LogP contribution in [0.5, 0.6) is 0 Å². The average Bonchev–Trinajstić information content (AvgIpc) is 2.55. The summed E-state index contributed by atoms with van der Waals surface area (Å²) < 4.78 is 19.4. The number of ether oxygens (including phenoxy) is 1. The molecule has 1 N–H and O–H groups in total. The van der Waals surface area contributed by atoms with E-state index in [1.165, 1.54) is 7.11 Å². The molecule has 0 aromatic carbocycles. The monoisotopic (exact) mass is 345 g/mol. The smallest absolute Gasteiger partial charge is 0.853 e. The normalized spacial score (nSPS) is 21.6. The summed E-state index contributed by atoms with van der Waals surface area (Å²) >= 11 is 0. The zero-order valence-electron chi connectivity index (χ0n) is 8.34. The molecule has 1 atom stereocenters. The number of methoxy groups -OCH3 is 1. The van der Waals surface area contributed by atoms with Gasteiger partial charge in [-0.2, -0.15) is 18.5 Å². The Bertz CT molecular complexity index is 149. The Hall–Kier alpha value is 2.24. The van der Waals surface area contributed by atoms with E-state index in [4.69, 9.17) is 18.3 Å². The molecule has 14 heavy (non-hydrogen) atoms. The van der Waals surface area contributed by atoms with Crippen molar-refractivity contribution in [3.63, 3.8) is 0 Å². The fourth-order valence-corrected chi connectivity index (χ4v) is 1.97. The molecule has 0 aromatic heterocycles. The molecule has 78 valence electrons. The molecule has 0 radical (unpaired) electrons. The van der Waals surface area contributed by atoms with E-state index in [1.807, 2.05) is 0 Å². The van der Waals surface area contributed by atoms with Crippen molar-refractivity contribution in [2.45, 2.75) is 6.10 Å². The summed E-state index contributed by atoms with van der Waals surface area (Å²) in [5.41, 5.74) is 0. The molecular weight excluding hydrogens is 332 g/mol. The van der Waals surface area contributed by atoms with Crippen LogP contribution in [-0.4, -0.2) is 44.5 Å². The van der Waals surface area contributed by atoms with Gasteiger partial charge in [0, 0.05) is 7.11 Å². The third kappa shape index (κ3) is 5.53. The van der Waals surface area contributed by atoms with Crippen LogP contribution in [0.3, 0.4) is 0 Å². The second-order valence-corrected chi connectivity index (χ2v) is 4.17. The standard InChI is InChI=1S/C6H13O6P.Cs/c1-9-6(4-7)5-12-13(8)10-2-3-11-13;/h6,8H,2-5H2,1H3;/q;+1. The van der Waals surface area contributed by atoms with Crippen LogP contribution >= 0.6 is 8.17 Å². The van der Waals surface area contributed by atoms with Crippen molar-refractivity contribution in [1.29, 1.82) is 0 Å². The first-order valence-electron chi connectivity index (χ1n) is 3.86. The zero-order valence-corrected chi connectivity index (χ0v) is 15.5. The molecule has 0 amide bonds. The van der Waals surface area contributed by atoms with Gasteiger partial charge < -0.3 is 9.84 Å². The van der Waals surface area contributed by atoms with Gasteiger partial charge in [0.15, 0.2) is 0 Å². The van der Waals surface area contributed by atoms with Crippen molar-refractivity contribution in [3.05, 3.63) is 0 Å². The molecule has 1 rings (SSSR count). The summed E-state index contributed by atoms with van der Waals surface area (Å²) in [5, 5.41) is 10.4. The van der Waals surface area contributed by atoms with Crippen LogP contribution in [-0.2, 0) is 18.3 Å². The minimum atomic E-state index is -3.12. The van der Waals surface area contributed by atoms with Crippen LogP contribution in [0, 0.1) is 0 Å². The van der Waals surface area contributed by atoms with Crippen molar-refractivity contribution in [2.75, 3.05) is 33.5 Å². The zero-order chi connectivity index (χ0) is 9.73. The second-order valence-electron chi connectivity index (χ2n) is 2.46. The van der Waals surface area contributed by atoms with Crippen LogP contribution in [0.1, 0.15) is 0 Å². The van der Waals surface area contributed by atoms with E-state index in [9.17, 15) is 10.00 Å². The molecule has 1 heterocycles. The van der Waals surface area contributed by atoms with E-state index in [0.717, 1.165) is 0 Å². The minimum absolute atomic E-state index is 0. The van der Waals surface area contributed by atoms with E-state index in [-0.39, 0.29) is 75.5 Å². The van der Waals surface area contributed by atoms with Gasteiger partial charge in [0.05, 0.1) is 6.10 Å². The van der Waals surface area contributed by atoms with Gasteiger partial charge in [-0.3, -0.25) is 0 Å². The Kier molecular flexibility index (Phi) is 9.69. The molecule has 1 aliphatic heterocycles. The van der Waals surface area contributed by atoms with Gasteiger partial charge >= 0.3 is 77.1 Å². The third-order valence-electron chi connectivity index (χ3n) is 1.53. The quantitative estimate of drug-likeness (QED) is 0.514. The molecule has 1 saturated heterocycles. The van der Waals surface area contributed by atoms with Gasteiger partial charge in [-0.1, -0.05) is 0 Å². The van der Waals surface area contributed by atoms with Crippen molar-refractivity contribution < 1.29 is 97.2 Å². The molecule has 8 heteroatoms. The van der Waals surface area contributed by atoms with Gasteiger partial charge in [0.2, 0.25) is 0 Å². The SMILES string of the molecule is COC(C[O-])CO[P+]1(O)OCCO1.[Cs+]. The van der Waals surface area contributed by atoms with Gasteiger partial charge in [-0.25, -0.2) is 0 Å². The molecular formula is C6H13CsO6P+. The van der Waals surface area contributed by atoms with Gasteiger partial charge in [0.25, 0.3) is 0 Å². The molecule has 0 saturated carbocycles. The predicted octanol–water partition coefficient (Wildman–Crippen LogP) is -3.90. The molecule has 1 unspecified atom stereocenters. The van der Waals surface area contributed by atoms with Crippen LogP contribution in [0.2, 0.25) is 0 Å². The Morgan fingerprint density at radius 1 is 1.50 bits per heavy atom. The fourth-order valence-electron chi connectivity index (χ4n) is 0.779. The molecule has 0 aromatic rings. The topological polar surface area (TPSA) is 80.2 Å². The van der Waals surface area contributed by atoms with Gasteiger partial charge in [-0.15, -0.1) is 6.61 Å². The average molecular weight is 345 g/mol. The van der Waals surface area contributed by atoms with E-state index < -0.39 is 20.9 Å². The predicted molar refractivity (Wildman–Crippen MR) is 42.7 cm³/mol. The summed E-state index contributed by atoms with van der Waals surface area (Å²) in [6.07, 6.45) is -0.572. The summed E-state index contributed by atoms with van der Waals surface area (Å²) in [5.74, 6) is 0. The third-order valence-corrected chi connectivity index (χ3v) is 3.03. The van der Waals surface area contributed by atoms with E-state index in [0.29, 0.717) is 13.2 Å². The van der Waals surface area contributed by atoms with Crippen molar-refractivity contribution in [3.8, 4) is 0 Å². The second kappa shape index (κ2) is 8.35. The summed E-state index contributed by atoms with van der Waals surface area (Å²) in [6.45, 7) is 0.208. The molecule has 0 bridgehead atoms. The number of hydrogen-bond acceptors (Lipinski definition) is 6. The van der Waals surface area contributed by atoms with E-state index in [1.54, 1.807) is 0 Å². The summed E-state index contributed by atoms with van der Waals surface area (Å²) in [7, 11) is -1.71. The maximum atomic E-state index is 10.4. The van der Waals surface area contributed by atoms with Crippen molar-refractivity contribution >= 4 is 8.17 Å². The van der Waals surface area contributed by atoms with Crippen LogP contribution in [0.4, 0.5) is 0 Å². The van der Waals surface area contributed by atoms with Gasteiger partial charge in [-0.05, 0) is 0 Å². The van der Waals surface area contributed by atoms with Crippen molar-refractivity contribution in [1.82, 2.24) is 0 Å². The first-order chi connectivity index (χ1) is 6.20. The Labute approximate surface area is 142 Å². The number of rotatable bonds is 5. The Morgan fingerprint density at radius 2 is 2.07 bits per heavy atom. The van der Waals surface area contributed by atoms with Crippen molar-refractivity contribution in [2.24, 2.45) is 0 Å². The molecule has 1 fully saturated rings. The number of hydrogen-bond donors (Lipinski definition) is 1. The first-order valence-corrected chi connectivity index (χ1v) is 5.36. The maximum Gasteiger partial charge on any atom is 1.00 e. The molecule has 1 aliphatic rings. The Balaban J connectivity index is 0.00000169. The van der Waals surface area contributed by atoms with Crippen LogP contribution in [0.15, 0.2) is 0 Å². The van der Waals surface area contributed by atoms with Crippen LogP contribution in [0.25, 0.3) is 0 Å². The summed E-state index contributed by atoms with van der Waals surface area (Å²) in [6, 6.07) is 0. The molecule has 0 aliphatic carbocycles. The Morgan fingerprint density at radius 3 is 2.50 bits per heavy atom. The maximum absolute atomic E-state index is 10.4. The van der Waals surface area contributed by atoms with Crippen LogP contribution < -0.4 is 74.0 Å². The molecule has 0 spiro atoms.